The Balaban J connectivity index is 1.68. The number of halogens is 3. The fraction of sp³-hybridized carbons (Fsp3) is 0.0370. The van der Waals surface area contributed by atoms with Crippen LogP contribution in [0.25, 0.3) is 43.8 Å². The Morgan fingerprint density at radius 1 is 0.559 bits per heavy atom. The molecule has 0 aliphatic carbocycles. The van der Waals surface area contributed by atoms with Gasteiger partial charge in [0.2, 0.25) is 0 Å². The zero-order valence-electron chi connectivity index (χ0n) is 17.6. The summed E-state index contributed by atoms with van der Waals surface area (Å²) < 4.78 is 67.2. The van der Waals surface area contributed by atoms with Gasteiger partial charge in [0.05, 0.1) is 0 Å². The molecule has 5 aromatic rings. The van der Waals surface area contributed by atoms with Gasteiger partial charge in [0.1, 0.15) is 0 Å². The van der Waals surface area contributed by atoms with Crippen LogP contribution < -0.4 is 4.18 Å². The molecule has 0 N–H and O–H groups in total. The van der Waals surface area contributed by atoms with Crippen LogP contribution >= 0.6 is 0 Å². The van der Waals surface area contributed by atoms with Gasteiger partial charge >= 0.3 is 15.6 Å². The monoisotopic (exact) mass is 478 g/mol. The molecule has 0 aliphatic heterocycles. The van der Waals surface area contributed by atoms with Gasteiger partial charge in [-0.3, -0.25) is 0 Å². The minimum Gasteiger partial charge on any atom is -0.375 e. The molecule has 0 aromatic heterocycles. The fourth-order valence-corrected chi connectivity index (χ4v) is 4.38. The summed E-state index contributed by atoms with van der Waals surface area (Å²) in [6.45, 7) is 0. The lowest BCUT2D eigenvalue weighted by Gasteiger charge is -2.15. The maximum absolute atomic E-state index is 13.0. The first kappa shape index (κ1) is 22.0. The summed E-state index contributed by atoms with van der Waals surface area (Å²) in [6, 6.07) is 31.0. The average molecular weight is 478 g/mol. The molecule has 0 spiro atoms. The predicted molar refractivity (Wildman–Crippen MR) is 128 cm³/mol. The lowest BCUT2D eigenvalue weighted by Crippen LogP contribution is -2.28. The third-order valence-corrected chi connectivity index (χ3v) is 6.57. The van der Waals surface area contributed by atoms with Crippen molar-refractivity contribution < 1.29 is 25.8 Å². The van der Waals surface area contributed by atoms with Gasteiger partial charge in [-0.25, -0.2) is 0 Å². The van der Waals surface area contributed by atoms with Gasteiger partial charge in [-0.1, -0.05) is 78.9 Å². The highest BCUT2D eigenvalue weighted by Crippen LogP contribution is 2.38. The van der Waals surface area contributed by atoms with E-state index in [9.17, 15) is 21.6 Å². The van der Waals surface area contributed by atoms with E-state index < -0.39 is 21.4 Å². The maximum Gasteiger partial charge on any atom is 0.534 e. The molecule has 5 rings (SSSR count). The molecule has 0 saturated carbocycles. The Kier molecular flexibility index (Phi) is 5.29. The normalized spacial score (nSPS) is 12.2. The summed E-state index contributed by atoms with van der Waals surface area (Å²) >= 11 is 0. The van der Waals surface area contributed by atoms with Crippen molar-refractivity contribution in [1.82, 2.24) is 0 Å². The highest BCUT2D eigenvalue weighted by atomic mass is 32.2. The van der Waals surface area contributed by atoms with Crippen molar-refractivity contribution in [2.45, 2.75) is 5.51 Å². The molecule has 170 valence electrons. The Morgan fingerprint density at radius 2 is 1.03 bits per heavy atom. The molecule has 7 heteroatoms. The van der Waals surface area contributed by atoms with Crippen molar-refractivity contribution in [2.75, 3.05) is 0 Å². The van der Waals surface area contributed by atoms with Crippen molar-refractivity contribution in [3.63, 3.8) is 0 Å². The van der Waals surface area contributed by atoms with Crippen LogP contribution in [-0.2, 0) is 10.1 Å². The van der Waals surface area contributed by atoms with Crippen LogP contribution in [0.1, 0.15) is 0 Å². The van der Waals surface area contributed by atoms with Crippen LogP contribution in [0.5, 0.6) is 5.75 Å². The first-order valence-electron chi connectivity index (χ1n) is 10.3. The van der Waals surface area contributed by atoms with Gasteiger partial charge in [0.25, 0.3) is 0 Å². The zero-order valence-corrected chi connectivity index (χ0v) is 18.4. The lowest BCUT2D eigenvalue weighted by molar-refractivity contribution is -0.0499. The van der Waals surface area contributed by atoms with Gasteiger partial charge in [-0.2, -0.15) is 21.6 Å². The quantitative estimate of drug-likeness (QED) is 0.198. The Hall–Kier alpha value is -3.84. The van der Waals surface area contributed by atoms with E-state index in [1.54, 1.807) is 24.3 Å². The van der Waals surface area contributed by atoms with Crippen LogP contribution in [0.3, 0.4) is 0 Å². The summed E-state index contributed by atoms with van der Waals surface area (Å²) in [7, 11) is -5.83. The van der Waals surface area contributed by atoms with Crippen LogP contribution in [0, 0.1) is 0 Å². The second-order valence-corrected chi connectivity index (χ2v) is 9.36. The maximum atomic E-state index is 13.0. The van der Waals surface area contributed by atoms with E-state index in [0.29, 0.717) is 11.1 Å². The van der Waals surface area contributed by atoms with Gasteiger partial charge in [-0.15, -0.1) is 0 Å². The minimum atomic E-state index is -5.83. The molecule has 0 heterocycles. The van der Waals surface area contributed by atoms with Gasteiger partial charge in [0, 0.05) is 5.56 Å². The molecule has 3 nitrogen and oxygen atoms in total. The van der Waals surface area contributed by atoms with Crippen molar-refractivity contribution in [2.24, 2.45) is 0 Å². The summed E-state index contributed by atoms with van der Waals surface area (Å²) in [5.41, 5.74) is -3.21. The summed E-state index contributed by atoms with van der Waals surface area (Å²) in [5, 5.41) is 3.87. The van der Waals surface area contributed by atoms with Crippen LogP contribution in [0.2, 0.25) is 0 Å². The van der Waals surface area contributed by atoms with E-state index in [4.69, 9.17) is 0 Å². The molecule has 0 radical (unpaired) electrons. The molecule has 34 heavy (non-hydrogen) atoms. The molecule has 0 bridgehead atoms. The Labute approximate surface area is 194 Å². The average Bonchev–Trinajstić information content (AvgIpc) is 2.83. The van der Waals surface area contributed by atoms with Gasteiger partial charge in [-0.05, 0) is 62.5 Å². The summed E-state index contributed by atoms with van der Waals surface area (Å²) in [4.78, 5) is 0. The second kappa shape index (κ2) is 8.18. The van der Waals surface area contributed by atoms with E-state index in [1.807, 2.05) is 72.8 Å². The van der Waals surface area contributed by atoms with Crippen LogP contribution in [0.4, 0.5) is 13.2 Å². The van der Waals surface area contributed by atoms with E-state index in [2.05, 4.69) is 4.18 Å². The molecule has 0 saturated heterocycles. The van der Waals surface area contributed by atoms with Crippen molar-refractivity contribution in [1.29, 1.82) is 0 Å². The van der Waals surface area contributed by atoms with Crippen molar-refractivity contribution in [3.05, 3.63) is 103 Å². The van der Waals surface area contributed by atoms with Gasteiger partial charge in [0.15, 0.2) is 5.75 Å². The third-order valence-electron chi connectivity index (χ3n) is 5.61. The SMILES string of the molecule is O=S(=O)(Oc1ccc(-c2ccc3ccccc3c2)cc1-c1ccc2ccccc2c1)C(F)(F)F. The molecule has 0 atom stereocenters. The molecule has 0 fully saturated rings. The van der Waals surface area contributed by atoms with Gasteiger partial charge < -0.3 is 4.18 Å². The van der Waals surface area contributed by atoms with E-state index in [1.165, 1.54) is 6.07 Å². The molecule has 0 amide bonds. The predicted octanol–water partition coefficient (Wildman–Crippen LogP) is 7.56. The Bertz CT molecular complexity index is 1640. The smallest absolute Gasteiger partial charge is 0.375 e. The topological polar surface area (TPSA) is 43.4 Å². The number of alkyl halides is 3. The number of hydrogen-bond acceptors (Lipinski definition) is 3. The lowest BCUT2D eigenvalue weighted by atomic mass is 9.95. The first-order valence-corrected chi connectivity index (χ1v) is 11.8. The van der Waals surface area contributed by atoms with Crippen LogP contribution in [-0.4, -0.2) is 13.9 Å². The van der Waals surface area contributed by atoms with Crippen molar-refractivity contribution in [3.8, 4) is 28.0 Å². The number of rotatable bonds is 4. The summed E-state index contributed by atoms with van der Waals surface area (Å²) in [5.74, 6) is -0.392. The molecule has 0 unspecified atom stereocenters. The Morgan fingerprint density at radius 3 is 1.62 bits per heavy atom. The highest BCUT2D eigenvalue weighted by molar-refractivity contribution is 7.88. The summed E-state index contributed by atoms with van der Waals surface area (Å²) in [6.07, 6.45) is 0. The number of benzene rings is 5. The van der Waals surface area contributed by atoms with Crippen LogP contribution in [0.15, 0.2) is 103 Å². The number of hydrogen-bond donors (Lipinski definition) is 0. The minimum absolute atomic E-state index is 0.240. The molecular formula is C27H17F3O3S. The standard InChI is InChI=1S/C27H17F3O3S/c28-27(29,30)34(31,32)33-26-14-13-23(22-11-9-18-5-1-3-7-20(18)15-22)17-25(26)24-12-10-19-6-2-4-8-21(19)16-24/h1-17H. The first-order chi connectivity index (χ1) is 16.2. The molecule has 0 aliphatic rings. The highest BCUT2D eigenvalue weighted by Gasteiger charge is 2.48. The third kappa shape index (κ3) is 4.10. The number of fused-ring (bicyclic) bond motifs is 2. The zero-order chi connectivity index (χ0) is 23.9. The van der Waals surface area contributed by atoms with E-state index >= 15 is 0 Å². The van der Waals surface area contributed by atoms with E-state index in [0.717, 1.165) is 27.1 Å². The van der Waals surface area contributed by atoms with Crippen molar-refractivity contribution >= 4 is 31.7 Å². The molecular weight excluding hydrogens is 461 g/mol. The largest absolute Gasteiger partial charge is 0.534 e. The fourth-order valence-electron chi connectivity index (χ4n) is 3.90. The van der Waals surface area contributed by atoms with E-state index in [-0.39, 0.29) is 5.56 Å². The second-order valence-electron chi connectivity index (χ2n) is 7.82. The molecule has 5 aromatic carbocycles.